The zero-order chi connectivity index (χ0) is 13.1. The monoisotopic (exact) mass is 247 g/mol. The summed E-state index contributed by atoms with van der Waals surface area (Å²) in [5.74, 6) is 1.67. The lowest BCUT2D eigenvalue weighted by Crippen LogP contribution is -2.10. The van der Waals surface area contributed by atoms with Crippen LogP contribution in [0.15, 0.2) is 6.20 Å². The fourth-order valence-corrected chi connectivity index (χ4v) is 2.24. The quantitative estimate of drug-likeness (QED) is 0.882. The Hall–Kier alpha value is -1.65. The average Bonchev–Trinajstić information content (AvgIpc) is 2.75. The Labute approximate surface area is 108 Å². The molecule has 5 nitrogen and oxygen atoms in total. The molecule has 0 unspecified atom stereocenters. The van der Waals surface area contributed by atoms with Crippen molar-refractivity contribution in [3.63, 3.8) is 0 Å². The van der Waals surface area contributed by atoms with Gasteiger partial charge in [-0.25, -0.2) is 14.6 Å². The van der Waals surface area contributed by atoms with E-state index < -0.39 is 0 Å². The van der Waals surface area contributed by atoms with Crippen molar-refractivity contribution in [2.24, 2.45) is 0 Å². The molecule has 0 aliphatic heterocycles. The van der Waals surface area contributed by atoms with Crippen LogP contribution in [0, 0.1) is 6.92 Å². The maximum atomic E-state index is 4.54. The molecule has 2 rings (SSSR count). The molecule has 5 heteroatoms. The molecule has 0 fully saturated rings. The molecule has 0 spiro atoms. The number of rotatable bonds is 5. The van der Waals surface area contributed by atoms with E-state index >= 15 is 0 Å². The molecule has 0 saturated carbocycles. The minimum Gasteiger partial charge on any atom is -0.370 e. The normalized spacial score (nSPS) is 11.4. The smallest absolute Gasteiger partial charge is 0.163 e. The summed E-state index contributed by atoms with van der Waals surface area (Å²) in [4.78, 5) is 8.98. The number of hydrogen-bond acceptors (Lipinski definition) is 4. The molecule has 0 aliphatic carbocycles. The third kappa shape index (κ3) is 2.17. The lowest BCUT2D eigenvalue weighted by Gasteiger charge is -2.14. The highest BCUT2D eigenvalue weighted by atomic mass is 15.3. The molecule has 0 bridgehead atoms. The Bertz CT molecular complexity index is 527. The van der Waals surface area contributed by atoms with Gasteiger partial charge < -0.3 is 5.32 Å². The molecule has 2 aromatic heterocycles. The van der Waals surface area contributed by atoms with Gasteiger partial charge in [0, 0.05) is 6.54 Å². The first-order valence-corrected chi connectivity index (χ1v) is 6.66. The van der Waals surface area contributed by atoms with Crippen molar-refractivity contribution in [1.29, 1.82) is 0 Å². The van der Waals surface area contributed by atoms with Crippen LogP contribution in [-0.4, -0.2) is 26.3 Å². The lowest BCUT2D eigenvalue weighted by atomic mass is 10.2. The second-order valence-electron chi connectivity index (χ2n) is 4.45. The first-order chi connectivity index (χ1) is 8.71. The molecule has 18 heavy (non-hydrogen) atoms. The Morgan fingerprint density at radius 2 is 1.94 bits per heavy atom. The molecule has 0 amide bonds. The summed E-state index contributed by atoms with van der Waals surface area (Å²) in [7, 11) is 0. The highest BCUT2D eigenvalue weighted by Gasteiger charge is 2.15. The van der Waals surface area contributed by atoms with E-state index in [1.54, 1.807) is 0 Å². The van der Waals surface area contributed by atoms with Crippen LogP contribution in [0.2, 0.25) is 0 Å². The van der Waals surface area contributed by atoms with E-state index in [2.05, 4.69) is 41.2 Å². The highest BCUT2D eigenvalue weighted by molar-refractivity contribution is 5.86. The summed E-state index contributed by atoms with van der Waals surface area (Å²) in [6.45, 7) is 9.20. The second kappa shape index (κ2) is 5.33. The van der Waals surface area contributed by atoms with Crippen LogP contribution in [0.3, 0.4) is 0 Å². The van der Waals surface area contributed by atoms with Crippen molar-refractivity contribution in [3.8, 4) is 0 Å². The molecule has 1 N–H and O–H groups in total. The third-order valence-electron chi connectivity index (χ3n) is 3.20. The molecule has 0 aliphatic rings. The molecule has 98 valence electrons. The summed E-state index contributed by atoms with van der Waals surface area (Å²) >= 11 is 0. The minimum absolute atomic E-state index is 0.409. The summed E-state index contributed by atoms with van der Waals surface area (Å²) in [6.07, 6.45) is 3.99. The fourth-order valence-electron chi connectivity index (χ4n) is 2.24. The van der Waals surface area contributed by atoms with E-state index in [0.29, 0.717) is 6.04 Å². The maximum absolute atomic E-state index is 4.54. The van der Waals surface area contributed by atoms with Crippen molar-refractivity contribution < 1.29 is 0 Å². The lowest BCUT2D eigenvalue weighted by molar-refractivity contribution is 0.438. The number of aryl methyl sites for hydroxylation is 1. The van der Waals surface area contributed by atoms with Crippen molar-refractivity contribution in [2.75, 3.05) is 11.9 Å². The largest absolute Gasteiger partial charge is 0.370 e. The van der Waals surface area contributed by atoms with E-state index in [1.807, 2.05) is 17.8 Å². The topological polar surface area (TPSA) is 55.6 Å². The molecule has 2 heterocycles. The minimum atomic E-state index is 0.409. The van der Waals surface area contributed by atoms with Gasteiger partial charge in [0.15, 0.2) is 5.65 Å². The molecule has 2 aromatic rings. The van der Waals surface area contributed by atoms with Gasteiger partial charge in [-0.05, 0) is 26.7 Å². The van der Waals surface area contributed by atoms with Gasteiger partial charge in [0.1, 0.15) is 11.6 Å². The predicted molar refractivity (Wildman–Crippen MR) is 73.8 cm³/mol. The van der Waals surface area contributed by atoms with Gasteiger partial charge >= 0.3 is 0 Å². The van der Waals surface area contributed by atoms with E-state index in [9.17, 15) is 0 Å². The van der Waals surface area contributed by atoms with E-state index in [1.165, 1.54) is 0 Å². The van der Waals surface area contributed by atoms with Crippen LogP contribution >= 0.6 is 0 Å². The Kier molecular flexibility index (Phi) is 3.79. The van der Waals surface area contributed by atoms with Gasteiger partial charge in [-0.2, -0.15) is 5.10 Å². The summed E-state index contributed by atoms with van der Waals surface area (Å²) in [5.41, 5.74) is 0.937. The van der Waals surface area contributed by atoms with Crippen LogP contribution in [0.1, 0.15) is 45.5 Å². The number of nitrogens with zero attached hydrogens (tertiary/aromatic N) is 4. The number of aromatic nitrogens is 4. The Morgan fingerprint density at radius 1 is 1.22 bits per heavy atom. The zero-order valence-electron chi connectivity index (χ0n) is 11.6. The predicted octanol–water partition coefficient (Wildman–Crippen LogP) is 2.93. The van der Waals surface area contributed by atoms with E-state index in [0.717, 1.165) is 42.1 Å². The van der Waals surface area contributed by atoms with Gasteiger partial charge in [-0.3, -0.25) is 0 Å². The number of anilines is 1. The Morgan fingerprint density at radius 3 is 2.56 bits per heavy atom. The van der Waals surface area contributed by atoms with Crippen molar-refractivity contribution in [2.45, 2.75) is 46.6 Å². The van der Waals surface area contributed by atoms with Crippen LogP contribution in [0.4, 0.5) is 5.82 Å². The van der Waals surface area contributed by atoms with Crippen LogP contribution in [0.25, 0.3) is 11.0 Å². The number of hydrogen-bond donors (Lipinski definition) is 1. The molecular weight excluding hydrogens is 226 g/mol. The van der Waals surface area contributed by atoms with Crippen molar-refractivity contribution in [1.82, 2.24) is 19.7 Å². The first kappa shape index (κ1) is 12.8. The molecule has 0 radical (unpaired) electrons. The Balaban J connectivity index is 2.58. The summed E-state index contributed by atoms with van der Waals surface area (Å²) in [5, 5.41) is 8.78. The maximum Gasteiger partial charge on any atom is 0.163 e. The van der Waals surface area contributed by atoms with Gasteiger partial charge in [0.25, 0.3) is 0 Å². The van der Waals surface area contributed by atoms with Crippen LogP contribution in [-0.2, 0) is 0 Å². The van der Waals surface area contributed by atoms with E-state index in [-0.39, 0.29) is 0 Å². The fraction of sp³-hybridized carbons (Fsp3) is 0.615. The second-order valence-corrected chi connectivity index (χ2v) is 4.45. The zero-order valence-corrected chi connectivity index (χ0v) is 11.6. The number of nitrogens with one attached hydrogen (secondary N) is 1. The van der Waals surface area contributed by atoms with Gasteiger partial charge in [-0.15, -0.1) is 0 Å². The van der Waals surface area contributed by atoms with Gasteiger partial charge in [-0.1, -0.05) is 13.8 Å². The van der Waals surface area contributed by atoms with Crippen molar-refractivity contribution >= 4 is 16.9 Å². The number of fused-ring (bicyclic) bond motifs is 1. The molecular formula is C13H21N5. The molecule has 0 saturated heterocycles. The standard InChI is InChI=1S/C13H21N5/c1-5-10(6-2)18-13-11(8-15-18)12(14-7-3)16-9(4)17-13/h8,10H,5-7H2,1-4H3,(H,14,16,17). The van der Waals surface area contributed by atoms with Crippen molar-refractivity contribution in [3.05, 3.63) is 12.0 Å². The highest BCUT2D eigenvalue weighted by Crippen LogP contribution is 2.24. The van der Waals surface area contributed by atoms with Crippen LogP contribution in [0.5, 0.6) is 0 Å². The van der Waals surface area contributed by atoms with E-state index in [4.69, 9.17) is 0 Å². The van der Waals surface area contributed by atoms with Gasteiger partial charge in [0.2, 0.25) is 0 Å². The summed E-state index contributed by atoms with van der Waals surface area (Å²) in [6, 6.07) is 0.409. The van der Waals surface area contributed by atoms with Gasteiger partial charge in [0.05, 0.1) is 17.6 Å². The van der Waals surface area contributed by atoms with Crippen LogP contribution < -0.4 is 5.32 Å². The first-order valence-electron chi connectivity index (χ1n) is 6.66. The molecule has 0 aromatic carbocycles. The summed E-state index contributed by atoms with van der Waals surface area (Å²) < 4.78 is 2.03. The molecule has 0 atom stereocenters. The SMILES string of the molecule is CCNc1nc(C)nc2c1cnn2C(CC)CC. The third-order valence-corrected chi connectivity index (χ3v) is 3.20. The average molecular weight is 247 g/mol.